The van der Waals surface area contributed by atoms with Crippen molar-refractivity contribution in [1.82, 2.24) is 10.2 Å². The highest BCUT2D eigenvalue weighted by Crippen LogP contribution is 2.23. The van der Waals surface area contributed by atoms with E-state index in [1.165, 1.54) is 0 Å². The van der Waals surface area contributed by atoms with Gasteiger partial charge in [-0.15, -0.1) is 0 Å². The molecule has 7 heteroatoms. The number of carbonyl (C=O) groups excluding carboxylic acids is 2. The van der Waals surface area contributed by atoms with Crippen LogP contribution in [0.5, 0.6) is 0 Å². The molecule has 0 aromatic heterocycles. The van der Waals surface area contributed by atoms with E-state index in [0.29, 0.717) is 18.2 Å². The number of likely N-dealkylation sites (tertiary alicyclic amines) is 1. The maximum atomic E-state index is 12.3. The zero-order chi connectivity index (χ0) is 18.7. The molecule has 2 unspecified atom stereocenters. The van der Waals surface area contributed by atoms with Crippen LogP contribution in [0.3, 0.4) is 0 Å². The van der Waals surface area contributed by atoms with Crippen LogP contribution in [-0.4, -0.2) is 61.8 Å². The molecule has 2 fully saturated rings. The van der Waals surface area contributed by atoms with E-state index in [9.17, 15) is 9.59 Å². The number of hydrogen-bond acceptors (Lipinski definition) is 4. The van der Waals surface area contributed by atoms with Crippen LogP contribution in [0.2, 0.25) is 0 Å². The highest BCUT2D eigenvalue weighted by molar-refractivity contribution is 5.96. The molecule has 3 amide bonds. The van der Waals surface area contributed by atoms with Gasteiger partial charge in [0.1, 0.15) is 0 Å². The SMILES string of the molecule is COC1CN(C(C)C)CC1NC(=O)Nc1ccc(N2CCCC2=O)cc1. The minimum Gasteiger partial charge on any atom is -0.378 e. The monoisotopic (exact) mass is 360 g/mol. The summed E-state index contributed by atoms with van der Waals surface area (Å²) in [5, 5.41) is 5.87. The third kappa shape index (κ3) is 4.16. The Hall–Kier alpha value is -2.12. The average Bonchev–Trinajstić information content (AvgIpc) is 3.21. The lowest BCUT2D eigenvalue weighted by Crippen LogP contribution is -2.45. The Morgan fingerprint density at radius 3 is 2.54 bits per heavy atom. The number of rotatable bonds is 5. The standard InChI is InChI=1S/C19H28N4O3/c1-13(2)22-11-16(17(12-22)26-3)21-19(25)20-14-6-8-15(9-7-14)23-10-4-5-18(23)24/h6-9,13,16-17H,4-5,10-12H2,1-3H3,(H2,20,21,25). The Labute approximate surface area is 154 Å². The molecule has 0 aliphatic carbocycles. The molecule has 2 heterocycles. The van der Waals surface area contributed by atoms with Crippen LogP contribution >= 0.6 is 0 Å². The number of urea groups is 1. The summed E-state index contributed by atoms with van der Waals surface area (Å²) in [5.74, 6) is 0.157. The molecule has 142 valence electrons. The summed E-state index contributed by atoms with van der Waals surface area (Å²) in [6, 6.07) is 7.52. The second kappa shape index (κ2) is 8.05. The van der Waals surface area contributed by atoms with Gasteiger partial charge < -0.3 is 20.3 Å². The van der Waals surface area contributed by atoms with Crippen molar-refractivity contribution in [3.63, 3.8) is 0 Å². The molecule has 2 N–H and O–H groups in total. The first-order chi connectivity index (χ1) is 12.5. The van der Waals surface area contributed by atoms with E-state index < -0.39 is 0 Å². The Morgan fingerprint density at radius 2 is 1.96 bits per heavy atom. The summed E-state index contributed by atoms with van der Waals surface area (Å²) >= 11 is 0. The first kappa shape index (κ1) is 18.7. The molecule has 2 saturated heterocycles. The first-order valence-corrected chi connectivity index (χ1v) is 9.22. The number of carbonyl (C=O) groups is 2. The molecule has 1 aromatic rings. The summed E-state index contributed by atoms with van der Waals surface area (Å²) in [4.78, 5) is 28.2. The van der Waals surface area contributed by atoms with Gasteiger partial charge in [0.25, 0.3) is 0 Å². The van der Waals surface area contributed by atoms with Crippen molar-refractivity contribution in [3.05, 3.63) is 24.3 Å². The molecular weight excluding hydrogens is 332 g/mol. The highest BCUT2D eigenvalue weighted by Gasteiger charge is 2.34. The van der Waals surface area contributed by atoms with Crippen LogP contribution < -0.4 is 15.5 Å². The van der Waals surface area contributed by atoms with Gasteiger partial charge in [0, 0.05) is 50.6 Å². The van der Waals surface area contributed by atoms with Crippen molar-refractivity contribution in [2.24, 2.45) is 0 Å². The average molecular weight is 360 g/mol. The topological polar surface area (TPSA) is 73.9 Å². The van der Waals surface area contributed by atoms with Crippen molar-refractivity contribution in [2.45, 2.75) is 44.9 Å². The molecule has 1 aromatic carbocycles. The normalized spacial score (nSPS) is 23.7. The Balaban J connectivity index is 1.55. The lowest BCUT2D eigenvalue weighted by Gasteiger charge is -2.20. The number of ether oxygens (including phenoxy) is 1. The van der Waals surface area contributed by atoms with Crippen molar-refractivity contribution in [2.75, 3.05) is 37.0 Å². The fraction of sp³-hybridized carbons (Fsp3) is 0.579. The van der Waals surface area contributed by atoms with Crippen LogP contribution in [0.1, 0.15) is 26.7 Å². The van der Waals surface area contributed by atoms with Crippen molar-refractivity contribution >= 4 is 23.3 Å². The molecule has 2 aliphatic heterocycles. The molecule has 26 heavy (non-hydrogen) atoms. The van der Waals surface area contributed by atoms with Crippen LogP contribution in [0.4, 0.5) is 16.2 Å². The van der Waals surface area contributed by atoms with Crippen LogP contribution in [-0.2, 0) is 9.53 Å². The van der Waals surface area contributed by atoms with Gasteiger partial charge in [-0.25, -0.2) is 4.79 Å². The van der Waals surface area contributed by atoms with Gasteiger partial charge in [0.05, 0.1) is 12.1 Å². The second-order valence-electron chi connectivity index (χ2n) is 7.22. The summed E-state index contributed by atoms with van der Waals surface area (Å²) in [5.41, 5.74) is 1.58. The quantitative estimate of drug-likeness (QED) is 0.843. The molecular formula is C19H28N4O3. The Morgan fingerprint density at radius 1 is 1.23 bits per heavy atom. The summed E-state index contributed by atoms with van der Waals surface area (Å²) in [6.07, 6.45) is 1.50. The van der Waals surface area contributed by atoms with E-state index in [4.69, 9.17) is 4.74 Å². The number of anilines is 2. The van der Waals surface area contributed by atoms with E-state index in [1.807, 2.05) is 24.3 Å². The first-order valence-electron chi connectivity index (χ1n) is 9.22. The van der Waals surface area contributed by atoms with E-state index in [0.717, 1.165) is 31.7 Å². The molecule has 3 rings (SSSR count). The fourth-order valence-corrected chi connectivity index (χ4v) is 3.58. The third-order valence-corrected chi connectivity index (χ3v) is 5.15. The number of methoxy groups -OCH3 is 1. The number of benzene rings is 1. The maximum absolute atomic E-state index is 12.3. The largest absolute Gasteiger partial charge is 0.378 e. The highest BCUT2D eigenvalue weighted by atomic mass is 16.5. The van der Waals surface area contributed by atoms with Gasteiger partial charge in [-0.3, -0.25) is 9.69 Å². The number of amides is 3. The molecule has 2 aliphatic rings. The zero-order valence-electron chi connectivity index (χ0n) is 15.7. The molecule has 0 spiro atoms. The smallest absolute Gasteiger partial charge is 0.319 e. The van der Waals surface area contributed by atoms with Gasteiger partial charge in [0.15, 0.2) is 0 Å². The van der Waals surface area contributed by atoms with Crippen molar-refractivity contribution in [3.8, 4) is 0 Å². The zero-order valence-corrected chi connectivity index (χ0v) is 15.7. The van der Waals surface area contributed by atoms with Gasteiger partial charge in [-0.1, -0.05) is 0 Å². The predicted octanol–water partition coefficient (Wildman–Crippen LogP) is 2.04. The van der Waals surface area contributed by atoms with Gasteiger partial charge >= 0.3 is 6.03 Å². The molecule has 7 nitrogen and oxygen atoms in total. The van der Waals surface area contributed by atoms with E-state index >= 15 is 0 Å². The fourth-order valence-electron chi connectivity index (χ4n) is 3.58. The Kier molecular flexibility index (Phi) is 5.78. The third-order valence-electron chi connectivity index (χ3n) is 5.15. The second-order valence-corrected chi connectivity index (χ2v) is 7.22. The van der Waals surface area contributed by atoms with Crippen molar-refractivity contribution < 1.29 is 14.3 Å². The lowest BCUT2D eigenvalue weighted by molar-refractivity contribution is -0.117. The molecule has 0 saturated carbocycles. The van der Waals surface area contributed by atoms with Crippen molar-refractivity contribution in [1.29, 1.82) is 0 Å². The van der Waals surface area contributed by atoms with Gasteiger partial charge in [-0.2, -0.15) is 0 Å². The van der Waals surface area contributed by atoms with Crippen LogP contribution in [0, 0.1) is 0 Å². The number of nitrogens with one attached hydrogen (secondary N) is 2. The predicted molar refractivity (Wildman–Crippen MR) is 101 cm³/mol. The van der Waals surface area contributed by atoms with Crippen LogP contribution in [0.25, 0.3) is 0 Å². The maximum Gasteiger partial charge on any atom is 0.319 e. The van der Waals surface area contributed by atoms with E-state index in [-0.39, 0.29) is 24.1 Å². The molecule has 2 atom stereocenters. The van der Waals surface area contributed by atoms with Crippen LogP contribution in [0.15, 0.2) is 24.3 Å². The molecule has 0 radical (unpaired) electrons. The van der Waals surface area contributed by atoms with Gasteiger partial charge in [0.2, 0.25) is 5.91 Å². The lowest BCUT2D eigenvalue weighted by atomic mass is 10.2. The number of nitrogens with zero attached hydrogens (tertiary/aromatic N) is 2. The molecule has 0 bridgehead atoms. The minimum absolute atomic E-state index is 0.00768. The van der Waals surface area contributed by atoms with Gasteiger partial charge in [-0.05, 0) is 44.5 Å². The van der Waals surface area contributed by atoms with E-state index in [1.54, 1.807) is 12.0 Å². The van der Waals surface area contributed by atoms with E-state index in [2.05, 4.69) is 29.4 Å². The summed E-state index contributed by atoms with van der Waals surface area (Å²) in [6.45, 7) is 6.64. The Bertz CT molecular complexity index is 647. The number of hydrogen-bond donors (Lipinski definition) is 2. The minimum atomic E-state index is -0.243. The summed E-state index contributed by atoms with van der Waals surface area (Å²) < 4.78 is 5.52. The summed E-state index contributed by atoms with van der Waals surface area (Å²) in [7, 11) is 1.68.